The summed E-state index contributed by atoms with van der Waals surface area (Å²) >= 11 is 1.60. The van der Waals surface area contributed by atoms with Crippen molar-refractivity contribution in [3.05, 3.63) is 78.3 Å². The molecule has 2 aromatic heterocycles. The summed E-state index contributed by atoms with van der Waals surface area (Å²) < 4.78 is 6.15. The van der Waals surface area contributed by atoms with E-state index in [2.05, 4.69) is 59.7 Å². The summed E-state index contributed by atoms with van der Waals surface area (Å²) in [6.45, 7) is 0. The van der Waals surface area contributed by atoms with Gasteiger partial charge in [0.05, 0.1) is 0 Å². The Hall–Kier alpha value is -2.91. The van der Waals surface area contributed by atoms with E-state index in [1.807, 2.05) is 23.6 Å². The van der Waals surface area contributed by atoms with Crippen LogP contribution in [0.15, 0.2) is 76.5 Å². The van der Waals surface area contributed by atoms with Crippen molar-refractivity contribution < 1.29 is 4.42 Å². The minimum absolute atomic E-state index is 0.922. The van der Waals surface area contributed by atoms with Crippen molar-refractivity contribution in [2.45, 2.75) is 0 Å². The van der Waals surface area contributed by atoms with Crippen molar-refractivity contribution in [3.63, 3.8) is 0 Å². The number of fused-ring (bicyclic) bond motifs is 3. The van der Waals surface area contributed by atoms with Crippen LogP contribution in [0.4, 0.5) is 0 Å². The Morgan fingerprint density at radius 3 is 2.58 bits per heavy atom. The van der Waals surface area contributed by atoms with E-state index in [-0.39, 0.29) is 0 Å². The summed E-state index contributed by atoms with van der Waals surface area (Å²) in [5, 5.41) is 5.16. The highest BCUT2D eigenvalue weighted by Gasteiger charge is 2.12. The number of furan rings is 1. The van der Waals surface area contributed by atoms with E-state index >= 15 is 0 Å². The lowest BCUT2D eigenvalue weighted by molar-refractivity contribution is 0.670. The van der Waals surface area contributed by atoms with Gasteiger partial charge in [0.25, 0.3) is 0 Å². The molecule has 0 saturated carbocycles. The molecule has 2 nitrogen and oxygen atoms in total. The van der Waals surface area contributed by atoms with E-state index in [0.29, 0.717) is 0 Å². The van der Waals surface area contributed by atoms with Crippen LogP contribution >= 0.6 is 11.3 Å². The van der Waals surface area contributed by atoms with E-state index in [4.69, 9.17) is 4.42 Å². The zero-order valence-corrected chi connectivity index (χ0v) is 13.5. The van der Waals surface area contributed by atoms with Gasteiger partial charge in [-0.3, -0.25) is 0 Å². The van der Waals surface area contributed by atoms with E-state index in [0.717, 1.165) is 43.6 Å². The van der Waals surface area contributed by atoms with Crippen molar-refractivity contribution in [2.75, 3.05) is 0 Å². The number of rotatable bonds is 2. The molecule has 3 heteroatoms. The molecule has 5 aromatic rings. The number of thiazole rings is 1. The van der Waals surface area contributed by atoms with Gasteiger partial charge in [-0.1, -0.05) is 54.6 Å². The molecule has 0 spiro atoms. The zero-order chi connectivity index (χ0) is 15.9. The number of para-hydroxylation sites is 2. The zero-order valence-electron chi connectivity index (χ0n) is 12.7. The molecule has 0 N–H and O–H groups in total. The van der Waals surface area contributed by atoms with Gasteiger partial charge in [0.1, 0.15) is 22.4 Å². The predicted molar refractivity (Wildman–Crippen MR) is 99.1 cm³/mol. The predicted octanol–water partition coefficient (Wildman–Crippen LogP) is 6.18. The second kappa shape index (κ2) is 5.32. The van der Waals surface area contributed by atoms with Gasteiger partial charge in [0, 0.05) is 27.3 Å². The fourth-order valence-corrected chi connectivity index (χ4v) is 3.71. The third-order valence-corrected chi connectivity index (χ3v) is 4.99. The second-order valence-corrected chi connectivity index (χ2v) is 6.50. The molecule has 0 atom stereocenters. The standard InChI is InChI=1S/C21H12NOS/c1-2-10-19-17(7-1)18-9-4-8-16(20(18)23-19)14-5-3-6-15(13-14)21-22-11-12-24-21/h1-10,12-13H. The quantitative estimate of drug-likeness (QED) is 0.387. The highest BCUT2D eigenvalue weighted by molar-refractivity contribution is 7.13. The van der Waals surface area contributed by atoms with Crippen LogP contribution in [0.5, 0.6) is 0 Å². The third-order valence-electron chi connectivity index (χ3n) is 4.21. The van der Waals surface area contributed by atoms with Crippen LogP contribution in [0.25, 0.3) is 43.6 Å². The molecule has 0 aliphatic rings. The van der Waals surface area contributed by atoms with Crippen molar-refractivity contribution in [1.82, 2.24) is 4.98 Å². The molecule has 0 aliphatic heterocycles. The highest BCUT2D eigenvalue weighted by Crippen LogP contribution is 2.36. The maximum atomic E-state index is 6.15. The summed E-state index contributed by atoms with van der Waals surface area (Å²) in [4.78, 5) is 4.29. The SMILES string of the molecule is [c]1csc(-c2cccc(-c3cccc4c3oc3ccccc34)c2)n1. The van der Waals surface area contributed by atoms with Crippen LogP contribution < -0.4 is 0 Å². The number of hydrogen-bond donors (Lipinski definition) is 0. The third kappa shape index (κ3) is 2.06. The van der Waals surface area contributed by atoms with E-state index in [1.54, 1.807) is 11.3 Å². The maximum Gasteiger partial charge on any atom is 0.143 e. The molecule has 2 heterocycles. The Balaban J connectivity index is 1.76. The van der Waals surface area contributed by atoms with Crippen molar-refractivity contribution in [1.29, 1.82) is 0 Å². The first-order valence-corrected chi connectivity index (χ1v) is 8.61. The number of nitrogens with zero attached hydrogens (tertiary/aromatic N) is 1. The van der Waals surface area contributed by atoms with E-state index < -0.39 is 0 Å². The van der Waals surface area contributed by atoms with Gasteiger partial charge in [-0.2, -0.15) is 0 Å². The summed E-state index contributed by atoms with van der Waals surface area (Å²) in [5.41, 5.74) is 5.19. The molecule has 24 heavy (non-hydrogen) atoms. The average molecular weight is 326 g/mol. The van der Waals surface area contributed by atoms with Crippen molar-refractivity contribution in [2.24, 2.45) is 0 Å². The largest absolute Gasteiger partial charge is 0.455 e. The van der Waals surface area contributed by atoms with Gasteiger partial charge in [0.2, 0.25) is 0 Å². The van der Waals surface area contributed by atoms with Crippen LogP contribution in [0.3, 0.4) is 0 Å². The van der Waals surface area contributed by atoms with Gasteiger partial charge in [-0.15, -0.1) is 11.3 Å². The molecular formula is C21H12NOS. The Labute approximate surface area is 143 Å². The molecule has 3 aromatic carbocycles. The number of hydrogen-bond acceptors (Lipinski definition) is 3. The summed E-state index contributed by atoms with van der Waals surface area (Å²) in [5.74, 6) is 0. The fraction of sp³-hybridized carbons (Fsp3) is 0. The first-order chi connectivity index (χ1) is 11.9. The normalized spacial score (nSPS) is 11.3. The van der Waals surface area contributed by atoms with Crippen molar-refractivity contribution in [3.8, 4) is 21.7 Å². The lowest BCUT2D eigenvalue weighted by Gasteiger charge is -2.05. The Kier molecular flexibility index (Phi) is 3.00. The van der Waals surface area contributed by atoms with Gasteiger partial charge in [-0.25, -0.2) is 4.98 Å². The maximum absolute atomic E-state index is 6.15. The monoisotopic (exact) mass is 326 g/mol. The van der Waals surface area contributed by atoms with E-state index in [1.165, 1.54) is 0 Å². The molecule has 1 radical (unpaired) electrons. The average Bonchev–Trinajstić information content (AvgIpc) is 3.29. The van der Waals surface area contributed by atoms with Gasteiger partial charge in [-0.05, 0) is 17.7 Å². The molecular weight excluding hydrogens is 314 g/mol. The molecule has 0 unspecified atom stereocenters. The summed E-state index contributed by atoms with van der Waals surface area (Å²) in [7, 11) is 0. The smallest absolute Gasteiger partial charge is 0.143 e. The minimum atomic E-state index is 0.922. The molecule has 0 fully saturated rings. The van der Waals surface area contributed by atoms with Crippen LogP contribution in [-0.4, -0.2) is 4.98 Å². The first-order valence-electron chi connectivity index (χ1n) is 7.73. The van der Waals surface area contributed by atoms with Crippen molar-refractivity contribution >= 4 is 33.3 Å². The van der Waals surface area contributed by atoms with Crippen LogP contribution in [0, 0.1) is 6.20 Å². The topological polar surface area (TPSA) is 26.0 Å². The van der Waals surface area contributed by atoms with Gasteiger partial charge in [0.15, 0.2) is 0 Å². The van der Waals surface area contributed by atoms with Crippen LogP contribution in [0.2, 0.25) is 0 Å². The lowest BCUT2D eigenvalue weighted by atomic mass is 10.0. The van der Waals surface area contributed by atoms with Crippen LogP contribution in [0.1, 0.15) is 0 Å². The first kappa shape index (κ1) is 13.5. The fourth-order valence-electron chi connectivity index (χ4n) is 3.12. The van der Waals surface area contributed by atoms with Gasteiger partial charge >= 0.3 is 0 Å². The Morgan fingerprint density at radius 2 is 1.67 bits per heavy atom. The van der Waals surface area contributed by atoms with Gasteiger partial charge < -0.3 is 4.42 Å². The Bertz CT molecular complexity index is 1160. The summed E-state index contributed by atoms with van der Waals surface area (Å²) in [6, 6.07) is 22.9. The second-order valence-electron chi connectivity index (χ2n) is 5.64. The lowest BCUT2D eigenvalue weighted by Crippen LogP contribution is -1.81. The molecule has 0 aliphatic carbocycles. The Morgan fingerprint density at radius 1 is 0.833 bits per heavy atom. The molecule has 113 valence electrons. The molecule has 0 amide bonds. The minimum Gasteiger partial charge on any atom is -0.455 e. The number of benzene rings is 3. The summed E-state index contributed by atoms with van der Waals surface area (Å²) in [6.07, 6.45) is 2.88. The molecule has 5 rings (SSSR count). The molecule has 0 bridgehead atoms. The molecule has 0 saturated heterocycles. The van der Waals surface area contributed by atoms with Crippen LogP contribution in [-0.2, 0) is 0 Å². The highest BCUT2D eigenvalue weighted by atomic mass is 32.1. The number of aromatic nitrogens is 1. The van der Waals surface area contributed by atoms with E-state index in [9.17, 15) is 0 Å².